The molecule has 2 aromatic carbocycles. The molecule has 0 saturated heterocycles. The third-order valence-electron chi connectivity index (χ3n) is 3.21. The SMILES string of the molecule is CC(N)c1ccc(Sc2ccc3c(c2)OCCO3)cc1Cl. The normalized spacial score (nSPS) is 14.8. The van der Waals surface area contributed by atoms with Crippen molar-refractivity contribution >= 4 is 23.4 Å². The minimum atomic E-state index is -0.0640. The summed E-state index contributed by atoms with van der Waals surface area (Å²) in [6.45, 7) is 3.12. The summed E-state index contributed by atoms with van der Waals surface area (Å²) in [6, 6.07) is 11.8. The molecule has 21 heavy (non-hydrogen) atoms. The number of hydrogen-bond acceptors (Lipinski definition) is 4. The van der Waals surface area contributed by atoms with Crippen molar-refractivity contribution in [2.75, 3.05) is 13.2 Å². The molecule has 0 fully saturated rings. The molecule has 2 N–H and O–H groups in total. The minimum absolute atomic E-state index is 0.0640. The standard InChI is InChI=1S/C16H16ClNO2S/c1-10(18)13-4-2-11(8-14(13)17)21-12-3-5-15-16(9-12)20-7-6-19-15/h2-5,8-10H,6-7,18H2,1H3. The molecule has 1 unspecified atom stereocenters. The van der Waals surface area contributed by atoms with Crippen molar-refractivity contribution < 1.29 is 9.47 Å². The highest BCUT2D eigenvalue weighted by Gasteiger charge is 2.13. The van der Waals surface area contributed by atoms with Crippen molar-refractivity contribution in [2.24, 2.45) is 5.73 Å². The van der Waals surface area contributed by atoms with Crippen molar-refractivity contribution in [3.05, 3.63) is 47.0 Å². The molecule has 0 amide bonds. The fourth-order valence-corrected chi connectivity index (χ4v) is 3.47. The fourth-order valence-electron chi connectivity index (χ4n) is 2.16. The molecule has 3 rings (SSSR count). The zero-order chi connectivity index (χ0) is 14.8. The number of ether oxygens (including phenoxy) is 2. The lowest BCUT2D eigenvalue weighted by Crippen LogP contribution is -2.15. The van der Waals surface area contributed by atoms with E-state index in [9.17, 15) is 0 Å². The molecule has 0 aromatic heterocycles. The van der Waals surface area contributed by atoms with Crippen LogP contribution in [-0.4, -0.2) is 13.2 Å². The second kappa shape index (κ2) is 6.18. The van der Waals surface area contributed by atoms with Gasteiger partial charge in [0.15, 0.2) is 11.5 Å². The maximum absolute atomic E-state index is 6.27. The lowest BCUT2D eigenvalue weighted by molar-refractivity contribution is 0.171. The number of rotatable bonds is 3. The zero-order valence-electron chi connectivity index (χ0n) is 11.6. The smallest absolute Gasteiger partial charge is 0.162 e. The van der Waals surface area contributed by atoms with Gasteiger partial charge in [-0.15, -0.1) is 0 Å². The van der Waals surface area contributed by atoms with Gasteiger partial charge in [-0.3, -0.25) is 0 Å². The van der Waals surface area contributed by atoms with Crippen LogP contribution in [0.1, 0.15) is 18.5 Å². The molecular weight excluding hydrogens is 306 g/mol. The number of benzene rings is 2. The highest BCUT2D eigenvalue weighted by molar-refractivity contribution is 7.99. The van der Waals surface area contributed by atoms with E-state index in [0.717, 1.165) is 26.9 Å². The third-order valence-corrected chi connectivity index (χ3v) is 4.52. The van der Waals surface area contributed by atoms with Crippen LogP contribution in [0.4, 0.5) is 0 Å². The molecular formula is C16H16ClNO2S. The first-order chi connectivity index (χ1) is 10.1. The molecule has 110 valence electrons. The lowest BCUT2D eigenvalue weighted by Gasteiger charge is -2.18. The number of halogens is 1. The minimum Gasteiger partial charge on any atom is -0.486 e. The second-order valence-corrected chi connectivity index (χ2v) is 6.43. The van der Waals surface area contributed by atoms with Gasteiger partial charge in [-0.2, -0.15) is 0 Å². The fraction of sp³-hybridized carbons (Fsp3) is 0.250. The number of hydrogen-bond donors (Lipinski definition) is 1. The van der Waals surface area contributed by atoms with Crippen molar-refractivity contribution in [1.29, 1.82) is 0 Å². The lowest BCUT2D eigenvalue weighted by atomic mass is 10.1. The summed E-state index contributed by atoms with van der Waals surface area (Å²) < 4.78 is 11.1. The number of nitrogens with two attached hydrogens (primary N) is 1. The first kappa shape index (κ1) is 14.6. The Hall–Kier alpha value is -1.36. The average Bonchev–Trinajstić information content (AvgIpc) is 2.47. The van der Waals surface area contributed by atoms with Crippen LogP contribution in [0.15, 0.2) is 46.2 Å². The summed E-state index contributed by atoms with van der Waals surface area (Å²) in [7, 11) is 0. The van der Waals surface area contributed by atoms with Crippen LogP contribution in [-0.2, 0) is 0 Å². The van der Waals surface area contributed by atoms with Gasteiger partial charge >= 0.3 is 0 Å². The van der Waals surface area contributed by atoms with E-state index in [2.05, 4.69) is 0 Å². The van der Waals surface area contributed by atoms with Crippen LogP contribution >= 0.6 is 23.4 Å². The first-order valence-electron chi connectivity index (χ1n) is 6.76. The predicted molar refractivity (Wildman–Crippen MR) is 85.6 cm³/mol. The summed E-state index contributed by atoms with van der Waals surface area (Å²) in [5.41, 5.74) is 6.83. The molecule has 0 saturated carbocycles. The van der Waals surface area contributed by atoms with Crippen molar-refractivity contribution in [3.8, 4) is 11.5 Å². The van der Waals surface area contributed by atoms with Gasteiger partial charge in [0.05, 0.1) is 0 Å². The Labute approximate surface area is 133 Å². The van der Waals surface area contributed by atoms with E-state index in [1.807, 2.05) is 43.3 Å². The van der Waals surface area contributed by atoms with E-state index >= 15 is 0 Å². The van der Waals surface area contributed by atoms with Crippen LogP contribution in [0, 0.1) is 0 Å². The highest BCUT2D eigenvalue weighted by Crippen LogP contribution is 2.38. The summed E-state index contributed by atoms with van der Waals surface area (Å²) in [6.07, 6.45) is 0. The highest BCUT2D eigenvalue weighted by atomic mass is 35.5. The van der Waals surface area contributed by atoms with Crippen molar-refractivity contribution in [3.63, 3.8) is 0 Å². The summed E-state index contributed by atoms with van der Waals surface area (Å²) in [5.74, 6) is 1.60. The maximum atomic E-state index is 6.27. The van der Waals surface area contributed by atoms with E-state index in [4.69, 9.17) is 26.8 Å². The molecule has 5 heteroatoms. The third kappa shape index (κ3) is 3.28. The molecule has 1 atom stereocenters. The molecule has 1 aliphatic rings. The Morgan fingerprint density at radius 3 is 2.43 bits per heavy atom. The van der Waals surface area contributed by atoms with Crippen LogP contribution < -0.4 is 15.2 Å². The van der Waals surface area contributed by atoms with Gasteiger partial charge in [0.25, 0.3) is 0 Å². The van der Waals surface area contributed by atoms with Crippen LogP contribution in [0.3, 0.4) is 0 Å². The van der Waals surface area contributed by atoms with E-state index in [1.54, 1.807) is 11.8 Å². The Morgan fingerprint density at radius 1 is 1.05 bits per heavy atom. The van der Waals surface area contributed by atoms with E-state index in [0.29, 0.717) is 18.2 Å². The largest absolute Gasteiger partial charge is 0.486 e. The van der Waals surface area contributed by atoms with Crippen molar-refractivity contribution in [2.45, 2.75) is 22.8 Å². The molecule has 0 radical (unpaired) electrons. The molecule has 0 bridgehead atoms. The van der Waals surface area contributed by atoms with Gasteiger partial charge in [-0.1, -0.05) is 29.4 Å². The molecule has 3 nitrogen and oxygen atoms in total. The Morgan fingerprint density at radius 2 is 1.71 bits per heavy atom. The van der Waals surface area contributed by atoms with Crippen molar-refractivity contribution in [1.82, 2.24) is 0 Å². The quantitative estimate of drug-likeness (QED) is 0.916. The predicted octanol–water partition coefficient (Wildman–Crippen LogP) is 4.28. The zero-order valence-corrected chi connectivity index (χ0v) is 13.2. The topological polar surface area (TPSA) is 44.5 Å². The average molecular weight is 322 g/mol. The number of fused-ring (bicyclic) bond motifs is 1. The van der Waals surface area contributed by atoms with Gasteiger partial charge in [0.2, 0.25) is 0 Å². The van der Waals surface area contributed by atoms with Gasteiger partial charge in [-0.25, -0.2) is 0 Å². The first-order valence-corrected chi connectivity index (χ1v) is 7.95. The molecule has 1 aliphatic heterocycles. The van der Waals surface area contributed by atoms with E-state index in [-0.39, 0.29) is 6.04 Å². The Bertz CT molecular complexity index is 661. The Balaban J connectivity index is 1.82. The van der Waals surface area contributed by atoms with Gasteiger partial charge in [0.1, 0.15) is 13.2 Å². The monoisotopic (exact) mass is 321 g/mol. The van der Waals surface area contributed by atoms with Crippen LogP contribution in [0.25, 0.3) is 0 Å². The van der Waals surface area contributed by atoms with Crippen LogP contribution in [0.2, 0.25) is 5.02 Å². The van der Waals surface area contributed by atoms with Gasteiger partial charge < -0.3 is 15.2 Å². The molecule has 2 aromatic rings. The van der Waals surface area contributed by atoms with E-state index < -0.39 is 0 Å². The second-order valence-electron chi connectivity index (χ2n) is 4.88. The van der Waals surface area contributed by atoms with E-state index in [1.165, 1.54) is 0 Å². The Kier molecular flexibility index (Phi) is 4.29. The summed E-state index contributed by atoms with van der Waals surface area (Å²) >= 11 is 7.90. The van der Waals surface area contributed by atoms with Crippen LogP contribution in [0.5, 0.6) is 11.5 Å². The molecule has 1 heterocycles. The molecule has 0 aliphatic carbocycles. The van der Waals surface area contributed by atoms with Gasteiger partial charge in [0, 0.05) is 20.9 Å². The van der Waals surface area contributed by atoms with Gasteiger partial charge in [-0.05, 0) is 42.8 Å². The maximum Gasteiger partial charge on any atom is 0.162 e. The summed E-state index contributed by atoms with van der Waals surface area (Å²) in [4.78, 5) is 2.16. The summed E-state index contributed by atoms with van der Waals surface area (Å²) in [5, 5.41) is 0.701. The molecule has 0 spiro atoms.